The van der Waals surface area contributed by atoms with Crippen LogP contribution in [-0.4, -0.2) is 47.9 Å². The van der Waals surface area contributed by atoms with Gasteiger partial charge in [-0.25, -0.2) is 4.39 Å². The van der Waals surface area contributed by atoms with Gasteiger partial charge < -0.3 is 9.80 Å². The summed E-state index contributed by atoms with van der Waals surface area (Å²) in [6.07, 6.45) is 5.60. The highest BCUT2D eigenvalue weighted by Gasteiger charge is 2.49. The van der Waals surface area contributed by atoms with Crippen molar-refractivity contribution >= 4 is 5.91 Å². The second kappa shape index (κ2) is 5.90. The Morgan fingerprint density at radius 3 is 2.70 bits per heavy atom. The number of hydrogen-bond acceptors (Lipinski definition) is 2. The average Bonchev–Trinajstić information content (AvgIpc) is 2.99. The van der Waals surface area contributed by atoms with Crippen LogP contribution in [0.25, 0.3) is 0 Å². The zero-order valence-corrected chi connectivity index (χ0v) is 13.7. The molecule has 1 amide bonds. The fourth-order valence-corrected chi connectivity index (χ4v) is 4.67. The lowest BCUT2D eigenvalue weighted by molar-refractivity contribution is -0.134. The number of carbonyl (C=O) groups excluding carboxylic acids is 1. The molecule has 3 fully saturated rings. The molecule has 4 heteroatoms. The number of rotatable bonds is 3. The summed E-state index contributed by atoms with van der Waals surface area (Å²) in [6.45, 7) is 2.05. The Bertz CT molecular complexity index is 605. The highest BCUT2D eigenvalue weighted by atomic mass is 19.1. The van der Waals surface area contributed by atoms with Crippen LogP contribution in [0, 0.1) is 11.7 Å². The van der Waals surface area contributed by atoms with E-state index >= 15 is 0 Å². The summed E-state index contributed by atoms with van der Waals surface area (Å²) in [5.74, 6) is 0.402. The minimum Gasteiger partial charge on any atom is -0.338 e. The molecule has 0 spiro atoms. The fourth-order valence-electron chi connectivity index (χ4n) is 4.67. The van der Waals surface area contributed by atoms with Gasteiger partial charge in [-0.3, -0.25) is 4.79 Å². The van der Waals surface area contributed by atoms with Crippen LogP contribution in [0.15, 0.2) is 24.3 Å². The van der Waals surface area contributed by atoms with Gasteiger partial charge in [0.1, 0.15) is 5.82 Å². The van der Waals surface area contributed by atoms with E-state index in [9.17, 15) is 9.18 Å². The fraction of sp³-hybridized carbons (Fsp3) is 0.632. The average molecular weight is 316 g/mol. The van der Waals surface area contributed by atoms with E-state index in [1.165, 1.54) is 18.9 Å². The molecule has 2 aliphatic heterocycles. The summed E-state index contributed by atoms with van der Waals surface area (Å²) in [7, 11) is 2.19. The topological polar surface area (TPSA) is 23.6 Å². The monoisotopic (exact) mass is 316 g/mol. The van der Waals surface area contributed by atoms with E-state index in [1.54, 1.807) is 12.1 Å². The van der Waals surface area contributed by atoms with Gasteiger partial charge in [0, 0.05) is 24.5 Å². The van der Waals surface area contributed by atoms with Gasteiger partial charge in [-0.2, -0.15) is 0 Å². The second-order valence-electron chi connectivity index (χ2n) is 7.44. The van der Waals surface area contributed by atoms with E-state index < -0.39 is 0 Å². The van der Waals surface area contributed by atoms with Crippen molar-refractivity contribution in [3.63, 3.8) is 0 Å². The molecule has 124 valence electrons. The van der Waals surface area contributed by atoms with E-state index in [2.05, 4.69) is 16.8 Å². The van der Waals surface area contributed by atoms with Gasteiger partial charge in [-0.05, 0) is 69.3 Å². The highest BCUT2D eigenvalue weighted by Crippen LogP contribution is 2.49. The number of benzene rings is 1. The normalized spacial score (nSPS) is 34.1. The van der Waals surface area contributed by atoms with Crippen molar-refractivity contribution in [2.45, 2.75) is 50.1 Å². The molecule has 2 saturated heterocycles. The molecule has 3 aliphatic rings. The van der Waals surface area contributed by atoms with Crippen LogP contribution in [0.5, 0.6) is 0 Å². The maximum atomic E-state index is 13.4. The number of nitrogens with zero attached hydrogens (tertiary/aromatic N) is 2. The molecule has 0 radical (unpaired) electrons. The largest absolute Gasteiger partial charge is 0.338 e. The van der Waals surface area contributed by atoms with Crippen LogP contribution in [0.4, 0.5) is 4.39 Å². The molecule has 0 aromatic heterocycles. The summed E-state index contributed by atoms with van der Waals surface area (Å²) < 4.78 is 13.4. The number of amides is 1. The van der Waals surface area contributed by atoms with Crippen molar-refractivity contribution in [3.8, 4) is 0 Å². The first kappa shape index (κ1) is 15.1. The van der Waals surface area contributed by atoms with E-state index in [4.69, 9.17) is 0 Å². The van der Waals surface area contributed by atoms with Crippen LogP contribution < -0.4 is 0 Å². The first-order valence-corrected chi connectivity index (χ1v) is 8.91. The predicted molar refractivity (Wildman–Crippen MR) is 87.6 cm³/mol. The van der Waals surface area contributed by atoms with Crippen LogP contribution in [0.3, 0.4) is 0 Å². The summed E-state index contributed by atoms with van der Waals surface area (Å²) in [5, 5.41) is 0. The molecule has 3 nitrogen and oxygen atoms in total. The van der Waals surface area contributed by atoms with Crippen LogP contribution in [0.2, 0.25) is 0 Å². The summed E-state index contributed by atoms with van der Waals surface area (Å²) in [6, 6.07) is 7.68. The van der Waals surface area contributed by atoms with Crippen molar-refractivity contribution in [1.29, 1.82) is 0 Å². The summed E-state index contributed by atoms with van der Waals surface area (Å²) in [5.41, 5.74) is 0.983. The Morgan fingerprint density at radius 2 is 1.96 bits per heavy atom. The highest BCUT2D eigenvalue weighted by molar-refractivity contribution is 5.83. The molecule has 1 saturated carbocycles. The molecule has 1 aromatic carbocycles. The number of carbonyl (C=O) groups is 1. The van der Waals surface area contributed by atoms with Gasteiger partial charge in [0.15, 0.2) is 0 Å². The van der Waals surface area contributed by atoms with Gasteiger partial charge in [-0.1, -0.05) is 12.1 Å². The quantitative estimate of drug-likeness (QED) is 0.856. The number of likely N-dealkylation sites (N-methyl/N-ethyl adjacent to an activating group) is 1. The smallest absolute Gasteiger partial charge is 0.226 e. The summed E-state index contributed by atoms with van der Waals surface area (Å²) >= 11 is 0. The van der Waals surface area contributed by atoms with E-state index in [-0.39, 0.29) is 17.7 Å². The molecule has 4 unspecified atom stereocenters. The van der Waals surface area contributed by atoms with Gasteiger partial charge in [0.2, 0.25) is 5.91 Å². The van der Waals surface area contributed by atoms with Crippen molar-refractivity contribution < 1.29 is 9.18 Å². The van der Waals surface area contributed by atoms with Crippen molar-refractivity contribution in [3.05, 3.63) is 35.6 Å². The third kappa shape index (κ3) is 2.78. The minimum atomic E-state index is -0.202. The zero-order valence-electron chi connectivity index (χ0n) is 13.7. The molecule has 0 bridgehead atoms. The van der Waals surface area contributed by atoms with E-state index in [1.807, 2.05) is 6.07 Å². The molecule has 1 aliphatic carbocycles. The maximum absolute atomic E-state index is 13.4. The number of likely N-dealkylation sites (tertiary alicyclic amines) is 2. The van der Waals surface area contributed by atoms with Crippen LogP contribution in [0.1, 0.15) is 43.6 Å². The Kier molecular flexibility index (Phi) is 3.88. The number of hydrogen-bond donors (Lipinski definition) is 0. The SMILES string of the molecule is CN1CCCC1C1CCCN1C(=O)C1CC1c1cccc(F)c1. The third-order valence-electron chi connectivity index (χ3n) is 5.99. The van der Waals surface area contributed by atoms with Crippen LogP contribution in [-0.2, 0) is 4.79 Å². The molecular weight excluding hydrogens is 291 g/mol. The van der Waals surface area contributed by atoms with Gasteiger partial charge in [-0.15, -0.1) is 0 Å². The Balaban J connectivity index is 1.45. The van der Waals surface area contributed by atoms with Crippen LogP contribution >= 0.6 is 0 Å². The number of halogens is 1. The zero-order chi connectivity index (χ0) is 16.0. The molecule has 4 rings (SSSR count). The van der Waals surface area contributed by atoms with Crippen molar-refractivity contribution in [2.75, 3.05) is 20.1 Å². The molecule has 2 heterocycles. The Labute approximate surface area is 137 Å². The maximum Gasteiger partial charge on any atom is 0.226 e. The van der Waals surface area contributed by atoms with Crippen molar-refractivity contribution in [1.82, 2.24) is 9.80 Å². The first-order chi connectivity index (χ1) is 11.1. The van der Waals surface area contributed by atoms with Gasteiger partial charge in [0.05, 0.1) is 0 Å². The lowest BCUT2D eigenvalue weighted by Crippen LogP contribution is -2.47. The lowest BCUT2D eigenvalue weighted by Gasteiger charge is -2.33. The molecule has 1 aromatic rings. The molecule has 23 heavy (non-hydrogen) atoms. The predicted octanol–water partition coefficient (Wildman–Crippen LogP) is 3.01. The first-order valence-electron chi connectivity index (χ1n) is 8.91. The Morgan fingerprint density at radius 1 is 1.17 bits per heavy atom. The van der Waals surface area contributed by atoms with E-state index in [0.29, 0.717) is 18.0 Å². The van der Waals surface area contributed by atoms with E-state index in [0.717, 1.165) is 37.9 Å². The second-order valence-corrected chi connectivity index (χ2v) is 7.44. The lowest BCUT2D eigenvalue weighted by atomic mass is 10.0. The molecule has 4 atom stereocenters. The minimum absolute atomic E-state index is 0.0732. The molecular formula is C19H25FN2O. The third-order valence-corrected chi connectivity index (χ3v) is 5.99. The van der Waals surface area contributed by atoms with Gasteiger partial charge >= 0.3 is 0 Å². The van der Waals surface area contributed by atoms with Crippen molar-refractivity contribution in [2.24, 2.45) is 5.92 Å². The molecule has 0 N–H and O–H groups in total. The van der Waals surface area contributed by atoms with Gasteiger partial charge in [0.25, 0.3) is 0 Å². The summed E-state index contributed by atoms with van der Waals surface area (Å²) in [4.78, 5) is 17.5. The Hall–Kier alpha value is -1.42. The standard InChI is InChI=1S/C19H25FN2O/c1-21-9-3-7-17(21)18-8-4-10-22(18)19(23)16-12-15(16)13-5-2-6-14(20)11-13/h2,5-6,11,15-18H,3-4,7-10,12H2,1H3.